The Kier molecular flexibility index (Phi) is 10.5. The molecular weight excluding hydrogens is 296 g/mol. The number of Topliss-reactive ketones (excluding diaryl/α,β-unsaturated/α-hetero) is 2. The van der Waals surface area contributed by atoms with Gasteiger partial charge in [0.05, 0.1) is 12.2 Å². The van der Waals surface area contributed by atoms with Crippen LogP contribution < -0.4 is 11.1 Å². The molecule has 0 saturated carbocycles. The van der Waals surface area contributed by atoms with Crippen LogP contribution in [-0.2, 0) is 14.4 Å². The molecule has 2 unspecified atom stereocenters. The van der Waals surface area contributed by atoms with E-state index >= 15 is 0 Å². The minimum atomic E-state index is -1.39. The van der Waals surface area contributed by atoms with Crippen LogP contribution in [0.5, 0.6) is 0 Å². The summed E-state index contributed by atoms with van der Waals surface area (Å²) in [4.78, 5) is 32.5. The van der Waals surface area contributed by atoms with E-state index in [0.717, 1.165) is 0 Å². The van der Waals surface area contributed by atoms with Crippen LogP contribution in [0, 0.1) is 0 Å². The molecule has 0 aliphatic heterocycles. The van der Waals surface area contributed by atoms with Crippen LogP contribution in [0.3, 0.4) is 0 Å². The maximum atomic E-state index is 11.2. The molecule has 0 heterocycles. The number of nitrogens with two attached hydrogens (primary N) is 1. The van der Waals surface area contributed by atoms with Crippen LogP contribution in [0.1, 0.15) is 25.7 Å². The first-order chi connectivity index (χ1) is 10.3. The Morgan fingerprint density at radius 3 is 2.23 bits per heavy atom. The van der Waals surface area contributed by atoms with Crippen molar-refractivity contribution in [3.63, 3.8) is 0 Å². The fourth-order valence-electron chi connectivity index (χ4n) is 1.65. The summed E-state index contributed by atoms with van der Waals surface area (Å²) in [6.07, 6.45) is -1.57. The topological polar surface area (TPSA) is 170 Å². The van der Waals surface area contributed by atoms with Crippen molar-refractivity contribution in [2.45, 2.75) is 43.9 Å². The van der Waals surface area contributed by atoms with Crippen LogP contribution in [0.2, 0.25) is 0 Å². The Balaban J connectivity index is 3.76. The molecule has 0 aromatic heterocycles. The van der Waals surface area contributed by atoms with Gasteiger partial charge in [0.15, 0.2) is 0 Å². The SMILES string of the molecule is N[C@@H](CCCCNCC(O)C(O)CC(=O)C(=O)CO)C(=O)O. The molecule has 128 valence electrons. The first kappa shape index (κ1) is 20.6. The lowest BCUT2D eigenvalue weighted by atomic mass is 10.1. The van der Waals surface area contributed by atoms with Crippen LogP contribution in [0.25, 0.3) is 0 Å². The molecule has 0 aliphatic rings. The van der Waals surface area contributed by atoms with Crippen LogP contribution in [0.4, 0.5) is 0 Å². The van der Waals surface area contributed by atoms with E-state index in [0.29, 0.717) is 25.8 Å². The number of carboxylic acid groups (broad SMARTS) is 1. The third-order valence-electron chi connectivity index (χ3n) is 3.08. The Labute approximate surface area is 128 Å². The van der Waals surface area contributed by atoms with E-state index in [1.165, 1.54) is 0 Å². The van der Waals surface area contributed by atoms with Crippen molar-refractivity contribution in [1.82, 2.24) is 5.32 Å². The van der Waals surface area contributed by atoms with E-state index in [9.17, 15) is 24.6 Å². The summed E-state index contributed by atoms with van der Waals surface area (Å²) in [7, 11) is 0. The number of carbonyl (C=O) groups is 3. The molecule has 9 nitrogen and oxygen atoms in total. The fourth-order valence-corrected chi connectivity index (χ4v) is 1.65. The van der Waals surface area contributed by atoms with Crippen molar-refractivity contribution in [3.05, 3.63) is 0 Å². The molecule has 0 amide bonds. The van der Waals surface area contributed by atoms with Crippen LogP contribution in [0.15, 0.2) is 0 Å². The number of unbranched alkanes of at least 4 members (excludes halogenated alkanes) is 1. The van der Waals surface area contributed by atoms with E-state index in [1.807, 2.05) is 0 Å². The third kappa shape index (κ3) is 8.80. The highest BCUT2D eigenvalue weighted by atomic mass is 16.4. The zero-order valence-electron chi connectivity index (χ0n) is 12.3. The predicted molar refractivity (Wildman–Crippen MR) is 76.1 cm³/mol. The molecule has 0 bridgehead atoms. The van der Waals surface area contributed by atoms with Gasteiger partial charge < -0.3 is 31.5 Å². The third-order valence-corrected chi connectivity index (χ3v) is 3.08. The van der Waals surface area contributed by atoms with E-state index in [1.54, 1.807) is 0 Å². The summed E-state index contributed by atoms with van der Waals surface area (Å²) >= 11 is 0. The molecule has 0 aromatic carbocycles. The second kappa shape index (κ2) is 11.2. The molecule has 0 fully saturated rings. The molecule has 0 saturated heterocycles. The van der Waals surface area contributed by atoms with Crippen molar-refractivity contribution in [2.75, 3.05) is 19.7 Å². The number of carbonyl (C=O) groups excluding carboxylic acids is 2. The van der Waals surface area contributed by atoms with Crippen LogP contribution >= 0.6 is 0 Å². The number of ketones is 2. The van der Waals surface area contributed by atoms with Gasteiger partial charge in [-0.25, -0.2) is 0 Å². The second-order valence-electron chi connectivity index (χ2n) is 4.99. The first-order valence-corrected chi connectivity index (χ1v) is 7.01. The van der Waals surface area contributed by atoms with Gasteiger partial charge in [-0.3, -0.25) is 14.4 Å². The van der Waals surface area contributed by atoms with Gasteiger partial charge in [-0.2, -0.15) is 0 Å². The lowest BCUT2D eigenvalue weighted by molar-refractivity contribution is -0.140. The summed E-state index contributed by atoms with van der Waals surface area (Å²) in [6.45, 7) is -0.412. The largest absolute Gasteiger partial charge is 0.480 e. The van der Waals surface area contributed by atoms with E-state index in [2.05, 4.69) is 5.32 Å². The monoisotopic (exact) mass is 320 g/mol. The minimum Gasteiger partial charge on any atom is -0.480 e. The van der Waals surface area contributed by atoms with Crippen molar-refractivity contribution in [2.24, 2.45) is 5.73 Å². The van der Waals surface area contributed by atoms with Crippen molar-refractivity contribution in [3.8, 4) is 0 Å². The summed E-state index contributed by atoms with van der Waals surface area (Å²) in [5.41, 5.74) is 5.33. The van der Waals surface area contributed by atoms with Gasteiger partial charge in [0.25, 0.3) is 0 Å². The quantitative estimate of drug-likeness (QED) is 0.157. The number of carboxylic acids is 1. The van der Waals surface area contributed by atoms with Crippen LogP contribution in [-0.4, -0.2) is 75.9 Å². The molecule has 0 aliphatic carbocycles. The van der Waals surface area contributed by atoms with Crippen molar-refractivity contribution in [1.29, 1.82) is 0 Å². The zero-order valence-corrected chi connectivity index (χ0v) is 12.3. The maximum absolute atomic E-state index is 11.2. The number of aliphatic carboxylic acids is 1. The average Bonchev–Trinajstić information content (AvgIpc) is 2.48. The highest BCUT2D eigenvalue weighted by Gasteiger charge is 2.22. The Bertz CT molecular complexity index is 375. The standard InChI is InChI=1S/C13H24N2O7/c14-8(13(21)22)3-1-2-4-15-6-11(19)9(17)5-10(18)12(20)7-16/h8-9,11,15-17,19H,1-7,14H2,(H,21,22)/t8-,9?,11?/m0/s1. The number of aliphatic hydroxyl groups is 3. The molecule has 9 heteroatoms. The molecule has 7 N–H and O–H groups in total. The number of hydrogen-bond acceptors (Lipinski definition) is 8. The minimum absolute atomic E-state index is 0.0206. The highest BCUT2D eigenvalue weighted by Crippen LogP contribution is 2.01. The lowest BCUT2D eigenvalue weighted by Crippen LogP contribution is -2.39. The average molecular weight is 320 g/mol. The fraction of sp³-hybridized carbons (Fsp3) is 0.769. The normalized spacial score (nSPS) is 15.1. The van der Waals surface area contributed by atoms with Gasteiger partial charge in [0, 0.05) is 13.0 Å². The Morgan fingerprint density at radius 2 is 1.68 bits per heavy atom. The lowest BCUT2D eigenvalue weighted by Gasteiger charge is -2.17. The summed E-state index contributed by atoms with van der Waals surface area (Å²) in [5, 5.41) is 39.0. The van der Waals surface area contributed by atoms with Gasteiger partial charge in [0.2, 0.25) is 11.6 Å². The molecule has 0 aromatic rings. The molecule has 0 spiro atoms. The zero-order chi connectivity index (χ0) is 17.1. The van der Waals surface area contributed by atoms with E-state index in [4.69, 9.17) is 15.9 Å². The predicted octanol–water partition coefficient (Wildman–Crippen LogP) is -2.60. The van der Waals surface area contributed by atoms with Gasteiger partial charge >= 0.3 is 5.97 Å². The number of rotatable bonds is 13. The first-order valence-electron chi connectivity index (χ1n) is 7.01. The van der Waals surface area contributed by atoms with E-state index < -0.39 is 48.8 Å². The highest BCUT2D eigenvalue weighted by molar-refractivity contribution is 6.37. The Hall–Kier alpha value is -1.39. The second-order valence-corrected chi connectivity index (χ2v) is 4.99. The van der Waals surface area contributed by atoms with Gasteiger partial charge in [-0.15, -0.1) is 0 Å². The molecule has 0 rings (SSSR count). The maximum Gasteiger partial charge on any atom is 0.320 e. The number of hydrogen-bond donors (Lipinski definition) is 6. The number of nitrogens with one attached hydrogen (secondary N) is 1. The summed E-state index contributed by atoms with van der Waals surface area (Å²) in [5.74, 6) is -2.99. The van der Waals surface area contributed by atoms with Gasteiger partial charge in [0.1, 0.15) is 12.6 Å². The smallest absolute Gasteiger partial charge is 0.320 e. The van der Waals surface area contributed by atoms with Crippen molar-refractivity contribution < 1.29 is 34.8 Å². The van der Waals surface area contributed by atoms with E-state index in [-0.39, 0.29) is 6.54 Å². The molecule has 0 radical (unpaired) electrons. The molecular formula is C13H24N2O7. The molecule has 22 heavy (non-hydrogen) atoms. The molecule has 3 atom stereocenters. The van der Waals surface area contributed by atoms with Crippen molar-refractivity contribution >= 4 is 17.5 Å². The van der Waals surface area contributed by atoms with Gasteiger partial charge in [-0.05, 0) is 19.4 Å². The Morgan fingerprint density at radius 1 is 1.05 bits per heavy atom. The number of aliphatic hydroxyl groups excluding tert-OH is 3. The summed E-state index contributed by atoms with van der Waals surface area (Å²) in [6, 6.07) is -0.887. The van der Waals surface area contributed by atoms with Gasteiger partial charge in [-0.1, -0.05) is 6.42 Å². The summed E-state index contributed by atoms with van der Waals surface area (Å²) < 4.78 is 0.